The van der Waals surface area contributed by atoms with Gasteiger partial charge < -0.3 is 24.8 Å². The fourth-order valence-corrected chi connectivity index (χ4v) is 6.72. The molecule has 0 saturated heterocycles. The Balaban J connectivity index is 0.00000180. The first kappa shape index (κ1) is 20.3. The smallest absolute Gasteiger partial charge is 1.00 e. The Labute approximate surface area is 147 Å². The maximum atomic E-state index is 2.46. The van der Waals surface area contributed by atoms with Crippen molar-refractivity contribution in [2.45, 2.75) is 48.0 Å². The van der Waals surface area contributed by atoms with E-state index in [4.69, 9.17) is 0 Å². The van der Waals surface area contributed by atoms with Gasteiger partial charge in [-0.25, -0.2) is 0 Å². The molecule has 0 bridgehead atoms. The molecule has 2 aliphatic rings. The molecule has 0 aromatic heterocycles. The fourth-order valence-electron chi connectivity index (χ4n) is 3.09. The van der Waals surface area contributed by atoms with Crippen LogP contribution in [0.1, 0.15) is 48.0 Å². The van der Waals surface area contributed by atoms with Gasteiger partial charge in [0.05, 0.1) is 0 Å². The first-order chi connectivity index (χ1) is 8.39. The van der Waals surface area contributed by atoms with Crippen LogP contribution >= 0.6 is 0 Å². The van der Waals surface area contributed by atoms with Crippen molar-refractivity contribution >= 4 is 3.21 Å². The molecule has 0 nitrogen and oxygen atoms in total. The zero-order valence-corrected chi connectivity index (χ0v) is 17.2. The summed E-state index contributed by atoms with van der Waals surface area (Å²) in [5.41, 5.74) is 6.57. The van der Waals surface area contributed by atoms with E-state index in [2.05, 4.69) is 59.8 Å². The van der Waals surface area contributed by atoms with E-state index >= 15 is 0 Å². The number of hydrogen-bond acceptors (Lipinski definition) is 0. The molecule has 1 atom stereocenters. The first-order valence-corrected chi connectivity index (χ1v) is 9.18. The van der Waals surface area contributed by atoms with Gasteiger partial charge in [0.25, 0.3) is 0 Å². The van der Waals surface area contributed by atoms with Crippen molar-refractivity contribution in [3.05, 3.63) is 43.8 Å². The van der Waals surface area contributed by atoms with Crippen LogP contribution in [-0.4, -0.2) is 3.21 Å². The molecular formula is C17H23Cl2Zr. The van der Waals surface area contributed by atoms with E-state index in [1.54, 1.807) is 28.8 Å². The number of halogens is 2. The first-order valence-electron chi connectivity index (χ1n) is 6.72. The Morgan fingerprint density at radius 3 is 2.15 bits per heavy atom. The van der Waals surface area contributed by atoms with E-state index in [-0.39, 0.29) is 30.2 Å². The average molecular weight is 390 g/mol. The van der Waals surface area contributed by atoms with Crippen LogP contribution in [-0.2, 0) is 22.8 Å². The molecule has 0 fully saturated rings. The molecule has 3 heteroatoms. The van der Waals surface area contributed by atoms with Crippen LogP contribution in [0.2, 0.25) is 0 Å². The predicted molar refractivity (Wildman–Crippen MR) is 77.4 cm³/mol. The minimum atomic E-state index is -0.548. The molecule has 0 N–H and O–H groups in total. The summed E-state index contributed by atoms with van der Waals surface area (Å²) in [6.07, 6.45) is 8.00. The van der Waals surface area contributed by atoms with Gasteiger partial charge in [0.2, 0.25) is 0 Å². The van der Waals surface area contributed by atoms with E-state index in [1.165, 1.54) is 0 Å². The number of rotatable bonds is 2. The van der Waals surface area contributed by atoms with Gasteiger partial charge in [-0.2, -0.15) is 0 Å². The summed E-state index contributed by atoms with van der Waals surface area (Å²) in [7, 11) is 0. The summed E-state index contributed by atoms with van der Waals surface area (Å²) >= 11 is -0.548. The second-order valence-electron chi connectivity index (χ2n) is 5.82. The van der Waals surface area contributed by atoms with Crippen molar-refractivity contribution in [3.63, 3.8) is 0 Å². The van der Waals surface area contributed by atoms with Gasteiger partial charge in [-0.05, 0) is 0 Å². The Hall–Kier alpha value is 0.293. The van der Waals surface area contributed by atoms with Crippen molar-refractivity contribution in [1.29, 1.82) is 0 Å². The standard InChI is InChI=1S/C14H17.C3H6.2ClH.Zr/c1-10-9-14(4,12(3)11(10)2)13-7-5-6-8-13;1-3-2;;;/h5-7H,8H2,1-4H3;1-2H3;2*1H;/q;;;;+2/p-2. The molecule has 0 amide bonds. The molecule has 0 radical (unpaired) electrons. The van der Waals surface area contributed by atoms with Crippen LogP contribution in [0, 0.1) is 5.41 Å². The topological polar surface area (TPSA) is 0 Å². The average Bonchev–Trinajstić information content (AvgIpc) is 2.90. The molecular weight excluding hydrogens is 366 g/mol. The zero-order valence-electron chi connectivity index (χ0n) is 13.2. The van der Waals surface area contributed by atoms with Crippen LogP contribution < -0.4 is 24.8 Å². The van der Waals surface area contributed by atoms with Gasteiger partial charge in [0, 0.05) is 0 Å². The van der Waals surface area contributed by atoms with Crippen molar-refractivity contribution in [3.8, 4) is 0 Å². The van der Waals surface area contributed by atoms with E-state index < -0.39 is 22.8 Å². The van der Waals surface area contributed by atoms with Crippen molar-refractivity contribution in [2.24, 2.45) is 5.41 Å². The molecule has 2 rings (SSSR count). The Bertz CT molecular complexity index is 543. The molecule has 0 heterocycles. The Morgan fingerprint density at radius 1 is 1.10 bits per heavy atom. The van der Waals surface area contributed by atoms with E-state index in [0.29, 0.717) is 0 Å². The van der Waals surface area contributed by atoms with Crippen LogP contribution in [0.3, 0.4) is 0 Å². The predicted octanol–water partition coefficient (Wildman–Crippen LogP) is -1.19. The molecule has 0 spiro atoms. The zero-order chi connectivity index (χ0) is 13.5. The molecule has 0 aromatic rings. The van der Waals surface area contributed by atoms with Gasteiger partial charge in [-0.15, -0.1) is 0 Å². The van der Waals surface area contributed by atoms with Crippen molar-refractivity contribution < 1.29 is 47.6 Å². The summed E-state index contributed by atoms with van der Waals surface area (Å²) in [4.78, 5) is 0. The van der Waals surface area contributed by atoms with E-state index in [9.17, 15) is 0 Å². The summed E-state index contributed by atoms with van der Waals surface area (Å²) in [5, 5.41) is 0. The normalized spacial score (nSPS) is 24.2. The molecule has 0 aromatic carbocycles. The maximum absolute atomic E-state index is 2.46. The van der Waals surface area contributed by atoms with Gasteiger partial charge in [0.15, 0.2) is 0 Å². The largest absolute Gasteiger partial charge is 1.00 e. The second-order valence-corrected chi connectivity index (χ2v) is 10.1. The fraction of sp³-hybridized carbons (Fsp3) is 0.471. The maximum Gasteiger partial charge on any atom is -1.00 e. The number of allylic oxidation sites excluding steroid dienone is 8. The monoisotopic (exact) mass is 387 g/mol. The second kappa shape index (κ2) is 7.52. The third-order valence-electron chi connectivity index (χ3n) is 4.54. The summed E-state index contributed by atoms with van der Waals surface area (Å²) < 4.78 is 3.46. The van der Waals surface area contributed by atoms with Crippen LogP contribution in [0.5, 0.6) is 0 Å². The Kier molecular flexibility index (Phi) is 7.63. The van der Waals surface area contributed by atoms with Gasteiger partial charge >= 0.3 is 123 Å². The molecule has 1 unspecified atom stereocenters. The van der Waals surface area contributed by atoms with Crippen LogP contribution in [0.15, 0.2) is 43.8 Å². The van der Waals surface area contributed by atoms with Gasteiger partial charge in [-0.3, -0.25) is 0 Å². The summed E-state index contributed by atoms with van der Waals surface area (Å²) in [6.45, 7) is 14.1. The third kappa shape index (κ3) is 3.21. The van der Waals surface area contributed by atoms with Gasteiger partial charge in [0.1, 0.15) is 0 Å². The quantitative estimate of drug-likeness (QED) is 0.557. The molecule has 0 aliphatic heterocycles. The minimum Gasteiger partial charge on any atom is -1.00 e. The van der Waals surface area contributed by atoms with Gasteiger partial charge in [-0.1, -0.05) is 0 Å². The SMILES string of the molecule is C[C](C)=[Zr+2][C]1=C(C)C(C)=C(C)C1(C)C1=CC=CC1.[Cl-].[Cl-]. The van der Waals surface area contributed by atoms with Crippen LogP contribution in [0.25, 0.3) is 0 Å². The van der Waals surface area contributed by atoms with E-state index in [0.717, 1.165) is 6.42 Å². The Morgan fingerprint density at radius 2 is 1.70 bits per heavy atom. The summed E-state index contributed by atoms with van der Waals surface area (Å²) in [6, 6.07) is 0. The van der Waals surface area contributed by atoms with Crippen molar-refractivity contribution in [1.82, 2.24) is 0 Å². The number of hydrogen-bond donors (Lipinski definition) is 0. The molecule has 109 valence electrons. The van der Waals surface area contributed by atoms with E-state index in [1.807, 2.05) is 0 Å². The van der Waals surface area contributed by atoms with Crippen molar-refractivity contribution in [2.75, 3.05) is 0 Å². The third-order valence-corrected chi connectivity index (χ3v) is 8.53. The molecule has 0 saturated carbocycles. The minimum absolute atomic E-state index is 0. The summed E-state index contributed by atoms with van der Waals surface area (Å²) in [5.74, 6) is 0. The molecule has 20 heavy (non-hydrogen) atoms. The molecule has 2 aliphatic carbocycles. The van der Waals surface area contributed by atoms with Crippen LogP contribution in [0.4, 0.5) is 0 Å².